The van der Waals surface area contributed by atoms with Gasteiger partial charge in [-0.2, -0.15) is 4.31 Å². The lowest BCUT2D eigenvalue weighted by molar-refractivity contribution is -0.133. The van der Waals surface area contributed by atoms with Gasteiger partial charge in [0.1, 0.15) is 5.82 Å². The normalized spacial score (nSPS) is 16.0. The Morgan fingerprint density at radius 3 is 2.30 bits per heavy atom. The summed E-state index contributed by atoms with van der Waals surface area (Å²) in [5.41, 5.74) is 0. The first-order valence-corrected chi connectivity index (χ1v) is 9.31. The molecule has 0 unspecified atom stereocenters. The van der Waals surface area contributed by atoms with Crippen LogP contribution in [0.3, 0.4) is 0 Å². The smallest absolute Gasteiger partial charge is 0.243 e. The van der Waals surface area contributed by atoms with Crippen molar-refractivity contribution in [1.29, 1.82) is 0 Å². The minimum Gasteiger partial charge on any atom is -0.339 e. The lowest BCUT2D eigenvalue weighted by atomic mass is 10.2. The molecule has 0 spiro atoms. The van der Waals surface area contributed by atoms with E-state index in [1.165, 1.54) is 19.2 Å². The summed E-state index contributed by atoms with van der Waals surface area (Å²) in [4.78, 5) is 14.2. The molecule has 1 fully saturated rings. The number of sulfonamides is 1. The highest BCUT2D eigenvalue weighted by Gasteiger charge is 2.29. The van der Waals surface area contributed by atoms with Gasteiger partial charge in [0.2, 0.25) is 15.9 Å². The first-order valence-electron chi connectivity index (χ1n) is 7.87. The molecule has 0 N–H and O–H groups in total. The van der Waals surface area contributed by atoms with E-state index in [9.17, 15) is 17.6 Å². The van der Waals surface area contributed by atoms with Crippen LogP contribution >= 0.6 is 0 Å². The number of carbonyl (C=O) groups excluding carboxylic acids is 1. The number of amides is 1. The molecule has 0 saturated heterocycles. The molecule has 1 aliphatic carbocycles. The van der Waals surface area contributed by atoms with Crippen LogP contribution in [0.25, 0.3) is 0 Å². The number of nitrogens with zero attached hydrogens (tertiary/aromatic N) is 2. The number of carbonyl (C=O) groups is 1. The van der Waals surface area contributed by atoms with Crippen molar-refractivity contribution >= 4 is 15.9 Å². The predicted molar refractivity (Wildman–Crippen MR) is 85.9 cm³/mol. The van der Waals surface area contributed by atoms with E-state index in [1.807, 2.05) is 6.92 Å². The Bertz CT molecular complexity index is 640. The van der Waals surface area contributed by atoms with Gasteiger partial charge in [0.15, 0.2) is 0 Å². The van der Waals surface area contributed by atoms with Crippen LogP contribution in [0.2, 0.25) is 0 Å². The molecule has 7 heteroatoms. The molecular weight excluding hydrogens is 319 g/mol. The molecule has 1 aromatic rings. The van der Waals surface area contributed by atoms with Crippen LogP contribution in [0.4, 0.5) is 4.39 Å². The van der Waals surface area contributed by atoms with Gasteiger partial charge in [-0.15, -0.1) is 0 Å². The third kappa shape index (κ3) is 4.09. The molecule has 1 aromatic carbocycles. The Morgan fingerprint density at radius 2 is 1.78 bits per heavy atom. The van der Waals surface area contributed by atoms with E-state index >= 15 is 0 Å². The summed E-state index contributed by atoms with van der Waals surface area (Å²) in [5.74, 6) is -0.686. The molecule has 1 aliphatic rings. The second-order valence-electron chi connectivity index (χ2n) is 5.83. The zero-order chi connectivity index (χ0) is 17.0. The van der Waals surface area contributed by atoms with Gasteiger partial charge in [0.05, 0.1) is 11.4 Å². The SMILES string of the molecule is CCN(C(=O)CN(C)S(=O)(=O)c1ccc(F)cc1)C1CCCC1. The first-order chi connectivity index (χ1) is 10.9. The molecule has 0 radical (unpaired) electrons. The molecule has 0 heterocycles. The summed E-state index contributed by atoms with van der Waals surface area (Å²) >= 11 is 0. The van der Waals surface area contributed by atoms with Crippen LogP contribution in [-0.2, 0) is 14.8 Å². The minimum absolute atomic E-state index is 0.0156. The van der Waals surface area contributed by atoms with Crippen molar-refractivity contribution in [3.05, 3.63) is 30.1 Å². The van der Waals surface area contributed by atoms with Crippen LogP contribution in [0.5, 0.6) is 0 Å². The lowest BCUT2D eigenvalue weighted by Gasteiger charge is -2.29. The highest BCUT2D eigenvalue weighted by Crippen LogP contribution is 2.24. The summed E-state index contributed by atoms with van der Waals surface area (Å²) in [7, 11) is -2.42. The molecule has 0 bridgehead atoms. The highest BCUT2D eigenvalue weighted by atomic mass is 32.2. The van der Waals surface area contributed by atoms with Gasteiger partial charge in [0, 0.05) is 19.6 Å². The molecule has 2 rings (SSSR count). The van der Waals surface area contributed by atoms with Crippen LogP contribution < -0.4 is 0 Å². The zero-order valence-corrected chi connectivity index (χ0v) is 14.4. The quantitative estimate of drug-likeness (QED) is 0.797. The fraction of sp³-hybridized carbons (Fsp3) is 0.562. The number of halogens is 1. The van der Waals surface area contributed by atoms with Crippen LogP contribution in [-0.4, -0.2) is 49.7 Å². The molecule has 0 atom stereocenters. The molecule has 0 aromatic heterocycles. The monoisotopic (exact) mass is 342 g/mol. The summed E-state index contributed by atoms with van der Waals surface area (Å²) in [6, 6.07) is 4.83. The first kappa shape index (κ1) is 17.9. The summed E-state index contributed by atoms with van der Waals surface area (Å²) in [5, 5.41) is 0. The maximum absolute atomic E-state index is 12.9. The number of benzene rings is 1. The maximum Gasteiger partial charge on any atom is 0.243 e. The average Bonchev–Trinajstić information content (AvgIpc) is 3.02. The van der Waals surface area contributed by atoms with Gasteiger partial charge < -0.3 is 4.90 Å². The lowest BCUT2D eigenvalue weighted by Crippen LogP contribution is -2.45. The van der Waals surface area contributed by atoms with Gasteiger partial charge in [0.25, 0.3) is 0 Å². The summed E-state index contributed by atoms with van der Waals surface area (Å²) in [6.45, 7) is 2.28. The van der Waals surface area contributed by atoms with Crippen molar-refractivity contribution < 1.29 is 17.6 Å². The Hall–Kier alpha value is -1.47. The van der Waals surface area contributed by atoms with E-state index < -0.39 is 15.8 Å². The van der Waals surface area contributed by atoms with Crippen molar-refractivity contribution in [3.63, 3.8) is 0 Å². The van der Waals surface area contributed by atoms with Crippen LogP contribution in [0.1, 0.15) is 32.6 Å². The van der Waals surface area contributed by atoms with E-state index in [1.54, 1.807) is 4.90 Å². The van der Waals surface area contributed by atoms with Crippen molar-refractivity contribution in [2.24, 2.45) is 0 Å². The number of hydrogen-bond acceptors (Lipinski definition) is 3. The van der Waals surface area contributed by atoms with Crippen molar-refractivity contribution in [2.45, 2.75) is 43.5 Å². The third-order valence-electron chi connectivity index (χ3n) is 4.31. The van der Waals surface area contributed by atoms with E-state index in [4.69, 9.17) is 0 Å². The molecule has 5 nitrogen and oxygen atoms in total. The molecule has 0 aliphatic heterocycles. The highest BCUT2D eigenvalue weighted by molar-refractivity contribution is 7.89. The second kappa shape index (κ2) is 7.40. The van der Waals surface area contributed by atoms with E-state index in [-0.39, 0.29) is 23.4 Å². The molecular formula is C16H23FN2O3S. The second-order valence-corrected chi connectivity index (χ2v) is 7.88. The van der Waals surface area contributed by atoms with E-state index in [0.717, 1.165) is 42.1 Å². The topological polar surface area (TPSA) is 57.7 Å². The predicted octanol–water partition coefficient (Wildman–Crippen LogP) is 2.24. The fourth-order valence-electron chi connectivity index (χ4n) is 3.01. The molecule has 1 saturated carbocycles. The summed E-state index contributed by atoms with van der Waals surface area (Å²) < 4.78 is 38.9. The van der Waals surface area contributed by atoms with Crippen LogP contribution in [0, 0.1) is 5.82 Å². The fourth-order valence-corrected chi connectivity index (χ4v) is 4.13. The Labute approximate surface area is 137 Å². The van der Waals surface area contributed by atoms with Crippen molar-refractivity contribution in [3.8, 4) is 0 Å². The molecule has 23 heavy (non-hydrogen) atoms. The Morgan fingerprint density at radius 1 is 1.22 bits per heavy atom. The zero-order valence-electron chi connectivity index (χ0n) is 13.5. The third-order valence-corrected chi connectivity index (χ3v) is 6.12. The van der Waals surface area contributed by atoms with Crippen molar-refractivity contribution in [2.75, 3.05) is 20.1 Å². The van der Waals surface area contributed by atoms with E-state index in [0.29, 0.717) is 6.54 Å². The van der Waals surface area contributed by atoms with E-state index in [2.05, 4.69) is 0 Å². The largest absolute Gasteiger partial charge is 0.339 e. The van der Waals surface area contributed by atoms with Gasteiger partial charge in [-0.25, -0.2) is 12.8 Å². The average molecular weight is 342 g/mol. The van der Waals surface area contributed by atoms with Gasteiger partial charge in [-0.3, -0.25) is 4.79 Å². The maximum atomic E-state index is 12.9. The van der Waals surface area contributed by atoms with Gasteiger partial charge in [-0.05, 0) is 44.0 Å². The number of likely N-dealkylation sites (N-methyl/N-ethyl adjacent to an activating group) is 2. The Balaban J connectivity index is 2.08. The van der Waals surface area contributed by atoms with Crippen molar-refractivity contribution in [1.82, 2.24) is 9.21 Å². The number of rotatable bonds is 6. The van der Waals surface area contributed by atoms with Crippen LogP contribution in [0.15, 0.2) is 29.2 Å². The minimum atomic E-state index is -3.80. The molecule has 1 amide bonds. The van der Waals surface area contributed by atoms with Gasteiger partial charge in [-0.1, -0.05) is 12.8 Å². The number of hydrogen-bond donors (Lipinski definition) is 0. The Kier molecular flexibility index (Phi) is 5.75. The summed E-state index contributed by atoms with van der Waals surface area (Å²) in [6.07, 6.45) is 4.18. The van der Waals surface area contributed by atoms with Gasteiger partial charge >= 0.3 is 0 Å². The molecule has 128 valence electrons. The standard InChI is InChI=1S/C16H23FN2O3S/c1-3-19(14-6-4-5-7-14)16(20)12-18(2)23(21,22)15-10-8-13(17)9-11-15/h8-11,14H,3-7,12H2,1-2H3.